The second-order valence-electron chi connectivity index (χ2n) is 8.21. The SMILES string of the molecule is CCOC(=O)CC(c1ccccc1)c1cccc(NC(=O)[C@H](Cc2ccc(O)cc2)NC(C)=O)c1. The summed E-state index contributed by atoms with van der Waals surface area (Å²) in [6, 6.07) is 22.7. The lowest BCUT2D eigenvalue weighted by Crippen LogP contribution is -2.44. The number of phenolic OH excluding ortho intramolecular Hbond substituents is 1. The summed E-state index contributed by atoms with van der Waals surface area (Å²) in [7, 11) is 0. The number of aromatic hydroxyl groups is 1. The predicted octanol–water partition coefficient (Wildman–Crippen LogP) is 4.16. The fourth-order valence-electron chi connectivity index (χ4n) is 3.88. The number of ether oxygens (including phenoxy) is 1. The number of benzene rings is 3. The van der Waals surface area contributed by atoms with Gasteiger partial charge in [-0.1, -0.05) is 54.6 Å². The second-order valence-corrected chi connectivity index (χ2v) is 8.21. The molecule has 1 unspecified atom stereocenters. The van der Waals surface area contributed by atoms with Crippen molar-refractivity contribution >= 4 is 23.5 Å². The van der Waals surface area contributed by atoms with Crippen LogP contribution in [0.15, 0.2) is 78.9 Å². The highest BCUT2D eigenvalue weighted by Crippen LogP contribution is 2.30. The van der Waals surface area contributed by atoms with Crippen LogP contribution in [-0.2, 0) is 25.5 Å². The molecule has 0 aromatic heterocycles. The highest BCUT2D eigenvalue weighted by atomic mass is 16.5. The number of esters is 1. The molecule has 3 aromatic rings. The molecule has 7 nitrogen and oxygen atoms in total. The molecular weight excluding hydrogens is 444 g/mol. The van der Waals surface area contributed by atoms with Crippen molar-refractivity contribution < 1.29 is 24.2 Å². The highest BCUT2D eigenvalue weighted by molar-refractivity contribution is 5.97. The van der Waals surface area contributed by atoms with Crippen LogP contribution < -0.4 is 10.6 Å². The van der Waals surface area contributed by atoms with Crippen LogP contribution >= 0.6 is 0 Å². The summed E-state index contributed by atoms with van der Waals surface area (Å²) in [5.74, 6) is -1.10. The van der Waals surface area contributed by atoms with Crippen LogP contribution in [0.1, 0.15) is 42.9 Å². The number of anilines is 1. The van der Waals surface area contributed by atoms with Crippen molar-refractivity contribution in [2.24, 2.45) is 0 Å². The molecule has 0 fully saturated rings. The monoisotopic (exact) mass is 474 g/mol. The maximum Gasteiger partial charge on any atom is 0.306 e. The van der Waals surface area contributed by atoms with Gasteiger partial charge in [-0.3, -0.25) is 14.4 Å². The summed E-state index contributed by atoms with van der Waals surface area (Å²) in [6.45, 7) is 3.44. The first-order valence-corrected chi connectivity index (χ1v) is 11.5. The molecule has 2 atom stereocenters. The number of hydrogen-bond acceptors (Lipinski definition) is 5. The highest BCUT2D eigenvalue weighted by Gasteiger charge is 2.22. The Morgan fingerprint density at radius 3 is 2.26 bits per heavy atom. The van der Waals surface area contributed by atoms with Gasteiger partial charge in [0.25, 0.3) is 0 Å². The largest absolute Gasteiger partial charge is 0.508 e. The first kappa shape index (κ1) is 25.5. The number of carbonyl (C=O) groups is 3. The van der Waals surface area contributed by atoms with Crippen molar-refractivity contribution in [1.29, 1.82) is 0 Å². The van der Waals surface area contributed by atoms with Gasteiger partial charge < -0.3 is 20.5 Å². The number of hydrogen-bond donors (Lipinski definition) is 3. The number of amides is 2. The third-order valence-electron chi connectivity index (χ3n) is 5.50. The molecule has 0 aliphatic carbocycles. The van der Waals surface area contributed by atoms with Crippen molar-refractivity contribution in [3.63, 3.8) is 0 Å². The van der Waals surface area contributed by atoms with Crippen LogP contribution in [-0.4, -0.2) is 35.5 Å². The minimum atomic E-state index is -0.801. The summed E-state index contributed by atoms with van der Waals surface area (Å²) < 4.78 is 5.18. The first-order valence-electron chi connectivity index (χ1n) is 11.5. The molecule has 3 rings (SSSR count). The van der Waals surface area contributed by atoms with Gasteiger partial charge in [0.15, 0.2) is 0 Å². The first-order chi connectivity index (χ1) is 16.9. The van der Waals surface area contributed by atoms with Gasteiger partial charge in [-0.05, 0) is 47.9 Å². The Bertz CT molecular complexity index is 1150. The Morgan fingerprint density at radius 2 is 1.60 bits per heavy atom. The van der Waals surface area contributed by atoms with Gasteiger partial charge in [0.2, 0.25) is 11.8 Å². The van der Waals surface area contributed by atoms with Gasteiger partial charge >= 0.3 is 5.97 Å². The van der Waals surface area contributed by atoms with Crippen LogP contribution in [0.2, 0.25) is 0 Å². The van der Waals surface area contributed by atoms with Crippen LogP contribution in [0.5, 0.6) is 5.75 Å². The zero-order valence-corrected chi connectivity index (χ0v) is 19.9. The minimum Gasteiger partial charge on any atom is -0.508 e. The molecule has 0 heterocycles. The summed E-state index contributed by atoms with van der Waals surface area (Å²) in [4.78, 5) is 37.1. The van der Waals surface area contributed by atoms with Crippen LogP contribution in [0.25, 0.3) is 0 Å². The van der Waals surface area contributed by atoms with Crippen molar-refractivity contribution in [2.45, 2.75) is 38.6 Å². The topological polar surface area (TPSA) is 105 Å². The van der Waals surface area contributed by atoms with E-state index in [1.54, 1.807) is 25.1 Å². The number of nitrogens with one attached hydrogen (secondary N) is 2. The third-order valence-corrected chi connectivity index (χ3v) is 5.50. The summed E-state index contributed by atoms with van der Waals surface area (Å²) >= 11 is 0. The zero-order chi connectivity index (χ0) is 25.2. The quantitative estimate of drug-likeness (QED) is 0.383. The molecule has 0 saturated carbocycles. The number of carbonyl (C=O) groups excluding carboxylic acids is 3. The van der Waals surface area contributed by atoms with Gasteiger partial charge in [0.1, 0.15) is 11.8 Å². The summed E-state index contributed by atoms with van der Waals surface area (Å²) in [5, 5.41) is 15.1. The van der Waals surface area contributed by atoms with Crippen molar-refractivity contribution in [3.8, 4) is 5.75 Å². The molecule has 0 aliphatic rings. The Morgan fingerprint density at radius 1 is 0.914 bits per heavy atom. The van der Waals surface area contributed by atoms with Crippen molar-refractivity contribution in [2.75, 3.05) is 11.9 Å². The lowest BCUT2D eigenvalue weighted by Gasteiger charge is -2.20. The molecule has 0 spiro atoms. The smallest absolute Gasteiger partial charge is 0.306 e. The minimum absolute atomic E-state index is 0.127. The van der Waals surface area contributed by atoms with E-state index in [0.717, 1.165) is 16.7 Å². The predicted molar refractivity (Wildman–Crippen MR) is 134 cm³/mol. The Balaban J connectivity index is 1.82. The van der Waals surface area contributed by atoms with Crippen LogP contribution in [0.3, 0.4) is 0 Å². The maximum atomic E-state index is 13.1. The van der Waals surface area contributed by atoms with E-state index < -0.39 is 6.04 Å². The van der Waals surface area contributed by atoms with E-state index in [1.165, 1.54) is 19.1 Å². The fourth-order valence-corrected chi connectivity index (χ4v) is 3.88. The zero-order valence-electron chi connectivity index (χ0n) is 19.9. The van der Waals surface area contributed by atoms with E-state index in [0.29, 0.717) is 12.3 Å². The molecule has 182 valence electrons. The lowest BCUT2D eigenvalue weighted by atomic mass is 9.88. The van der Waals surface area contributed by atoms with Crippen molar-refractivity contribution in [3.05, 3.63) is 95.6 Å². The summed E-state index contributed by atoms with van der Waals surface area (Å²) in [6.07, 6.45) is 0.436. The molecule has 0 radical (unpaired) electrons. The summed E-state index contributed by atoms with van der Waals surface area (Å²) in [5.41, 5.74) is 3.17. The Hall–Kier alpha value is -4.13. The molecule has 7 heteroatoms. The van der Waals surface area contributed by atoms with Crippen LogP contribution in [0, 0.1) is 0 Å². The molecule has 0 aliphatic heterocycles. The lowest BCUT2D eigenvalue weighted by molar-refractivity contribution is -0.143. The molecule has 0 saturated heterocycles. The third kappa shape index (κ3) is 7.71. The second kappa shape index (κ2) is 12.4. The molecule has 0 bridgehead atoms. The molecule has 2 amide bonds. The van der Waals surface area contributed by atoms with E-state index >= 15 is 0 Å². The van der Waals surface area contributed by atoms with Gasteiger partial charge in [0.05, 0.1) is 13.0 Å². The fraction of sp³-hybridized carbons (Fsp3) is 0.250. The maximum absolute atomic E-state index is 13.1. The molecule has 3 N–H and O–H groups in total. The van der Waals surface area contributed by atoms with Gasteiger partial charge in [-0.15, -0.1) is 0 Å². The van der Waals surface area contributed by atoms with Gasteiger partial charge in [-0.25, -0.2) is 0 Å². The molecule has 3 aromatic carbocycles. The number of phenols is 1. The van der Waals surface area contributed by atoms with E-state index in [1.807, 2.05) is 48.5 Å². The average Bonchev–Trinajstić information content (AvgIpc) is 2.84. The van der Waals surface area contributed by atoms with Crippen LogP contribution in [0.4, 0.5) is 5.69 Å². The molecule has 35 heavy (non-hydrogen) atoms. The van der Waals surface area contributed by atoms with Crippen molar-refractivity contribution in [1.82, 2.24) is 5.32 Å². The standard InChI is InChI=1S/C28H30N2O5/c1-3-35-27(33)18-25(21-8-5-4-6-9-21)22-10-7-11-23(17-22)30-28(34)26(29-19(2)31)16-20-12-14-24(32)15-13-20/h4-15,17,25-26,32H,3,16,18H2,1-2H3,(H,29,31)(H,30,34)/t25?,26-/m0/s1. The van der Waals surface area contributed by atoms with Gasteiger partial charge in [0, 0.05) is 24.9 Å². The van der Waals surface area contributed by atoms with E-state index in [2.05, 4.69) is 10.6 Å². The van der Waals surface area contributed by atoms with E-state index in [4.69, 9.17) is 4.74 Å². The average molecular weight is 475 g/mol. The van der Waals surface area contributed by atoms with Gasteiger partial charge in [-0.2, -0.15) is 0 Å². The molecular formula is C28H30N2O5. The van der Waals surface area contributed by atoms with E-state index in [9.17, 15) is 19.5 Å². The Kier molecular flexibility index (Phi) is 9.01. The normalized spacial score (nSPS) is 12.3. The number of rotatable bonds is 10. The Labute approximate surface area is 205 Å². The van der Waals surface area contributed by atoms with E-state index in [-0.39, 0.29) is 42.3 Å².